The lowest BCUT2D eigenvalue weighted by Gasteiger charge is -2.40. The molecule has 2 unspecified atom stereocenters. The van der Waals surface area contributed by atoms with E-state index in [1.807, 2.05) is 6.07 Å². The van der Waals surface area contributed by atoms with Gasteiger partial charge in [-0.05, 0) is 65.8 Å². The summed E-state index contributed by atoms with van der Waals surface area (Å²) in [6, 6.07) is 11.6. The average molecular weight is 472 g/mol. The number of benzene rings is 1. The van der Waals surface area contributed by atoms with Gasteiger partial charge in [0.15, 0.2) is 5.60 Å². The lowest BCUT2D eigenvalue weighted by molar-refractivity contribution is -0.266. The Morgan fingerprint density at radius 2 is 1.74 bits per heavy atom. The number of pyridine rings is 2. The number of phenolic OH excluding ortho intramolecular Hbond substituents is 1. The van der Waals surface area contributed by atoms with Crippen LogP contribution in [-0.4, -0.2) is 32.0 Å². The molecule has 180 valence electrons. The first-order valence-electron chi connectivity index (χ1n) is 10.9. The number of nitrogens with zero attached hydrogens (tertiary/aromatic N) is 2. The van der Waals surface area contributed by atoms with Gasteiger partial charge in [0.1, 0.15) is 5.75 Å². The molecule has 8 heteroatoms. The van der Waals surface area contributed by atoms with Gasteiger partial charge in [0.25, 0.3) is 0 Å². The highest BCUT2D eigenvalue weighted by atomic mass is 19.4. The van der Waals surface area contributed by atoms with E-state index in [0.29, 0.717) is 16.7 Å². The lowest BCUT2D eigenvalue weighted by Crippen LogP contribution is -2.50. The Balaban J connectivity index is 2.00. The van der Waals surface area contributed by atoms with Crippen molar-refractivity contribution in [3.05, 3.63) is 84.1 Å². The third kappa shape index (κ3) is 5.56. The van der Waals surface area contributed by atoms with Crippen molar-refractivity contribution in [3.63, 3.8) is 0 Å². The van der Waals surface area contributed by atoms with Crippen molar-refractivity contribution in [1.82, 2.24) is 9.97 Å². The summed E-state index contributed by atoms with van der Waals surface area (Å²) >= 11 is 0. The third-order valence-corrected chi connectivity index (χ3v) is 6.19. The molecule has 0 aliphatic heterocycles. The molecule has 0 saturated heterocycles. The zero-order chi connectivity index (χ0) is 25.0. The number of phenols is 1. The maximum Gasteiger partial charge on any atom is 0.417 e. The molecule has 1 aromatic carbocycles. The molecule has 0 spiro atoms. The molecule has 3 aromatic rings. The molecule has 4 N–H and O–H groups in total. The molecule has 0 aliphatic rings. The molecule has 0 bridgehead atoms. The number of aromatic hydroxyl groups is 1. The van der Waals surface area contributed by atoms with Gasteiger partial charge in [0.05, 0.1) is 0 Å². The molecule has 2 atom stereocenters. The highest BCUT2D eigenvalue weighted by Gasteiger charge is 2.56. The topological polar surface area (TPSA) is 92.3 Å². The summed E-state index contributed by atoms with van der Waals surface area (Å²) in [6.45, 7) is 3.33. The fourth-order valence-electron chi connectivity index (χ4n) is 4.11. The number of aliphatic hydroxyl groups is 1. The van der Waals surface area contributed by atoms with Gasteiger partial charge in [-0.15, -0.1) is 0 Å². The number of aromatic nitrogens is 2. The Bertz CT molecular complexity index is 1140. The fourth-order valence-corrected chi connectivity index (χ4v) is 4.11. The first kappa shape index (κ1) is 25.2. The molecule has 0 aliphatic carbocycles. The Hall–Kier alpha value is -3.39. The molecule has 0 radical (unpaired) electrons. The van der Waals surface area contributed by atoms with E-state index in [4.69, 9.17) is 5.73 Å². The van der Waals surface area contributed by atoms with E-state index >= 15 is 0 Å². The normalized spacial score (nSPS) is 16.0. The lowest BCUT2D eigenvalue weighted by atomic mass is 9.70. The number of alkyl halides is 3. The second-order valence-electron chi connectivity index (χ2n) is 8.77. The van der Waals surface area contributed by atoms with Crippen molar-refractivity contribution < 1.29 is 23.4 Å². The standard InChI is InChI=1S/C26H28F3N3O2/c1-3-24(2,22-14-19(6-7-23(22)33)20-5-4-10-32-16-20)17-25(34,26(27,28)29)15-21(30)13-18-8-11-31-12-9-18/h4-14,16,33-34H,3,15,17,30H2,1-2H3/b21-13-. The van der Waals surface area contributed by atoms with Crippen molar-refractivity contribution in [2.45, 2.75) is 50.3 Å². The fraction of sp³-hybridized carbons (Fsp3) is 0.308. The molecule has 5 nitrogen and oxygen atoms in total. The van der Waals surface area contributed by atoms with E-state index < -0.39 is 30.0 Å². The van der Waals surface area contributed by atoms with Gasteiger partial charge in [-0.2, -0.15) is 13.2 Å². The summed E-state index contributed by atoms with van der Waals surface area (Å²) in [4.78, 5) is 7.95. The van der Waals surface area contributed by atoms with E-state index in [1.165, 1.54) is 24.5 Å². The van der Waals surface area contributed by atoms with Gasteiger partial charge in [0, 0.05) is 48.0 Å². The second kappa shape index (κ2) is 9.85. The van der Waals surface area contributed by atoms with Gasteiger partial charge in [-0.25, -0.2) is 0 Å². The highest BCUT2D eigenvalue weighted by Crippen LogP contribution is 2.48. The first-order chi connectivity index (χ1) is 16.0. The Morgan fingerprint density at radius 1 is 1.03 bits per heavy atom. The van der Waals surface area contributed by atoms with E-state index in [2.05, 4.69) is 9.97 Å². The van der Waals surface area contributed by atoms with Crippen LogP contribution < -0.4 is 5.73 Å². The van der Waals surface area contributed by atoms with Crippen molar-refractivity contribution >= 4 is 6.08 Å². The van der Waals surface area contributed by atoms with Crippen LogP contribution >= 0.6 is 0 Å². The van der Waals surface area contributed by atoms with Crippen molar-refractivity contribution in [1.29, 1.82) is 0 Å². The van der Waals surface area contributed by atoms with Crippen molar-refractivity contribution in [2.75, 3.05) is 0 Å². The van der Waals surface area contributed by atoms with Crippen molar-refractivity contribution in [2.24, 2.45) is 5.73 Å². The molecule has 0 saturated carbocycles. The Morgan fingerprint density at radius 3 is 2.32 bits per heavy atom. The Labute approximate surface area is 196 Å². The zero-order valence-corrected chi connectivity index (χ0v) is 19.0. The van der Waals surface area contributed by atoms with Gasteiger partial charge >= 0.3 is 6.18 Å². The number of nitrogens with two attached hydrogens (primary N) is 1. The van der Waals surface area contributed by atoms with Gasteiger partial charge < -0.3 is 15.9 Å². The minimum atomic E-state index is -4.95. The molecule has 34 heavy (non-hydrogen) atoms. The number of hydrogen-bond acceptors (Lipinski definition) is 5. The van der Waals surface area contributed by atoms with Crippen LogP contribution in [0.3, 0.4) is 0 Å². The SMILES string of the molecule is CCC(C)(CC(O)(C/C(N)=C/c1ccncc1)C(F)(F)F)c1cc(-c2cccnc2)ccc1O. The monoisotopic (exact) mass is 471 g/mol. The van der Waals surface area contributed by atoms with Crippen LogP contribution in [0.4, 0.5) is 13.2 Å². The molecule has 2 aromatic heterocycles. The van der Waals surface area contributed by atoms with Gasteiger partial charge in [-0.3, -0.25) is 9.97 Å². The molecule has 0 amide bonds. The number of hydrogen-bond donors (Lipinski definition) is 3. The summed E-state index contributed by atoms with van der Waals surface area (Å²) in [5.41, 5.74) is 3.87. The predicted molar refractivity (Wildman–Crippen MR) is 126 cm³/mol. The van der Waals surface area contributed by atoms with Crippen LogP contribution in [0.1, 0.15) is 44.2 Å². The minimum Gasteiger partial charge on any atom is -0.508 e. The summed E-state index contributed by atoms with van der Waals surface area (Å²) in [5.74, 6) is -0.137. The van der Waals surface area contributed by atoms with Crippen LogP contribution in [0.5, 0.6) is 5.75 Å². The minimum absolute atomic E-state index is 0.113. The summed E-state index contributed by atoms with van der Waals surface area (Å²) in [7, 11) is 0. The molecule has 2 heterocycles. The third-order valence-electron chi connectivity index (χ3n) is 6.19. The summed E-state index contributed by atoms with van der Waals surface area (Å²) < 4.78 is 42.7. The van der Waals surface area contributed by atoms with Gasteiger partial charge in [0.2, 0.25) is 0 Å². The average Bonchev–Trinajstić information content (AvgIpc) is 2.79. The number of rotatable bonds is 8. The first-order valence-corrected chi connectivity index (χ1v) is 10.9. The maximum absolute atomic E-state index is 14.2. The van der Waals surface area contributed by atoms with E-state index in [9.17, 15) is 23.4 Å². The molecule has 3 rings (SSSR count). The van der Waals surface area contributed by atoms with Crippen LogP contribution in [0, 0.1) is 0 Å². The molecular formula is C26H28F3N3O2. The van der Waals surface area contributed by atoms with Crippen LogP contribution in [0.2, 0.25) is 0 Å². The number of halogens is 3. The van der Waals surface area contributed by atoms with Crippen LogP contribution in [0.15, 0.2) is 72.9 Å². The van der Waals surface area contributed by atoms with Gasteiger partial charge in [-0.1, -0.05) is 26.0 Å². The second-order valence-corrected chi connectivity index (χ2v) is 8.77. The Kier molecular flexibility index (Phi) is 7.31. The highest BCUT2D eigenvalue weighted by molar-refractivity contribution is 5.65. The predicted octanol–water partition coefficient (Wildman–Crippen LogP) is 5.59. The summed E-state index contributed by atoms with van der Waals surface area (Å²) in [5, 5.41) is 21.6. The van der Waals surface area contributed by atoms with Crippen molar-refractivity contribution in [3.8, 4) is 16.9 Å². The van der Waals surface area contributed by atoms with Crippen LogP contribution in [0.25, 0.3) is 17.2 Å². The molecular weight excluding hydrogens is 443 g/mol. The zero-order valence-electron chi connectivity index (χ0n) is 19.0. The quantitative estimate of drug-likeness (QED) is 0.398. The largest absolute Gasteiger partial charge is 0.508 e. The maximum atomic E-state index is 14.2. The van der Waals surface area contributed by atoms with E-state index in [1.54, 1.807) is 56.6 Å². The van der Waals surface area contributed by atoms with Crippen LogP contribution in [-0.2, 0) is 5.41 Å². The van der Waals surface area contributed by atoms with E-state index in [0.717, 1.165) is 5.56 Å². The smallest absolute Gasteiger partial charge is 0.417 e. The summed E-state index contributed by atoms with van der Waals surface area (Å²) in [6.07, 6.45) is 1.45. The van der Waals surface area contributed by atoms with E-state index in [-0.39, 0.29) is 17.9 Å². The molecule has 0 fully saturated rings.